The van der Waals surface area contributed by atoms with Crippen molar-refractivity contribution in [1.82, 2.24) is 19.5 Å². The summed E-state index contributed by atoms with van der Waals surface area (Å²) in [6.07, 6.45) is 3.89. The number of aromatic nitrogens is 4. The van der Waals surface area contributed by atoms with Crippen LogP contribution in [0.3, 0.4) is 0 Å². The highest BCUT2D eigenvalue weighted by Gasteiger charge is 2.08. The first-order valence-corrected chi connectivity index (χ1v) is 5.52. The summed E-state index contributed by atoms with van der Waals surface area (Å²) in [4.78, 5) is 12.8. The summed E-state index contributed by atoms with van der Waals surface area (Å²) < 4.78 is 1.99. The van der Waals surface area contributed by atoms with Gasteiger partial charge in [-0.1, -0.05) is 0 Å². The summed E-state index contributed by atoms with van der Waals surface area (Å²) in [5.41, 5.74) is 1.60. The van der Waals surface area contributed by atoms with E-state index >= 15 is 0 Å². The van der Waals surface area contributed by atoms with Crippen LogP contribution in [0, 0.1) is 11.3 Å². The molecule has 2 heterocycles. The van der Waals surface area contributed by atoms with Gasteiger partial charge >= 0.3 is 0 Å². The van der Waals surface area contributed by atoms with Gasteiger partial charge in [-0.05, 0) is 13.8 Å². The molecule has 0 spiro atoms. The van der Waals surface area contributed by atoms with Crippen LogP contribution < -0.4 is 5.32 Å². The lowest BCUT2D eigenvalue weighted by Gasteiger charge is -2.07. The lowest BCUT2D eigenvalue weighted by atomic mass is 10.4. The predicted octanol–water partition coefficient (Wildman–Crippen LogP) is 1.73. The molecule has 0 radical (unpaired) electrons. The average Bonchev–Trinajstić information content (AvgIpc) is 2.72. The lowest BCUT2D eigenvalue weighted by molar-refractivity contribution is 0.613. The third-order valence-corrected chi connectivity index (χ3v) is 2.39. The topological polar surface area (TPSA) is 79.4 Å². The Kier molecular flexibility index (Phi) is 3.19. The standard InChI is InChI=1S/C11H14N6/c1-8(2)17-7-15-9-6-14-11(16-10(9)17)13-5-3-4-12/h6-8H,3,5H2,1-2H3,(H,13,14,16). The SMILES string of the molecule is CC(C)n1cnc2cnc(NCCC#N)nc21. The van der Waals surface area contributed by atoms with E-state index in [9.17, 15) is 0 Å². The molecular weight excluding hydrogens is 216 g/mol. The van der Waals surface area contributed by atoms with E-state index in [4.69, 9.17) is 5.26 Å². The van der Waals surface area contributed by atoms with E-state index in [-0.39, 0.29) is 0 Å². The largest absolute Gasteiger partial charge is 0.353 e. The molecule has 6 nitrogen and oxygen atoms in total. The van der Waals surface area contributed by atoms with E-state index in [2.05, 4.69) is 40.2 Å². The van der Waals surface area contributed by atoms with Crippen LogP contribution in [0.15, 0.2) is 12.5 Å². The maximum absolute atomic E-state index is 8.45. The van der Waals surface area contributed by atoms with Gasteiger partial charge in [0.25, 0.3) is 0 Å². The van der Waals surface area contributed by atoms with Gasteiger partial charge in [-0.3, -0.25) is 0 Å². The highest BCUT2D eigenvalue weighted by Crippen LogP contribution is 2.15. The molecule has 2 aromatic heterocycles. The number of nitrogens with one attached hydrogen (secondary N) is 1. The predicted molar refractivity (Wildman–Crippen MR) is 64.4 cm³/mol. The Balaban J connectivity index is 2.28. The molecule has 0 bridgehead atoms. The maximum Gasteiger partial charge on any atom is 0.224 e. The van der Waals surface area contributed by atoms with E-state index in [0.717, 1.165) is 11.2 Å². The summed E-state index contributed by atoms with van der Waals surface area (Å²) >= 11 is 0. The van der Waals surface area contributed by atoms with Crippen LogP contribution in [0.5, 0.6) is 0 Å². The first kappa shape index (κ1) is 11.3. The van der Waals surface area contributed by atoms with E-state index in [0.29, 0.717) is 25.0 Å². The van der Waals surface area contributed by atoms with E-state index in [1.54, 1.807) is 12.5 Å². The molecule has 6 heteroatoms. The molecule has 0 aliphatic rings. The fourth-order valence-electron chi connectivity index (χ4n) is 1.52. The smallest absolute Gasteiger partial charge is 0.224 e. The Morgan fingerprint density at radius 1 is 1.47 bits per heavy atom. The highest BCUT2D eigenvalue weighted by atomic mass is 15.2. The van der Waals surface area contributed by atoms with E-state index < -0.39 is 0 Å². The van der Waals surface area contributed by atoms with Crippen LogP contribution >= 0.6 is 0 Å². The van der Waals surface area contributed by atoms with Crippen molar-refractivity contribution in [3.8, 4) is 6.07 Å². The summed E-state index contributed by atoms with van der Waals surface area (Å²) in [6, 6.07) is 2.37. The molecule has 0 amide bonds. The number of hydrogen-bond acceptors (Lipinski definition) is 5. The van der Waals surface area contributed by atoms with Crippen molar-refractivity contribution < 1.29 is 0 Å². The van der Waals surface area contributed by atoms with Crippen LogP contribution in [0.1, 0.15) is 26.3 Å². The van der Waals surface area contributed by atoms with Gasteiger partial charge in [-0.2, -0.15) is 10.2 Å². The zero-order chi connectivity index (χ0) is 12.3. The highest BCUT2D eigenvalue weighted by molar-refractivity contribution is 5.71. The molecule has 0 aliphatic heterocycles. The molecule has 0 aliphatic carbocycles. The Morgan fingerprint density at radius 3 is 3.00 bits per heavy atom. The second kappa shape index (κ2) is 4.78. The van der Waals surface area contributed by atoms with Crippen molar-refractivity contribution in [1.29, 1.82) is 5.26 Å². The summed E-state index contributed by atoms with van der Waals surface area (Å²) in [5.74, 6) is 0.537. The zero-order valence-corrected chi connectivity index (χ0v) is 9.88. The molecule has 0 fully saturated rings. The minimum absolute atomic E-state index is 0.307. The number of nitriles is 1. The molecule has 0 saturated heterocycles. The molecule has 17 heavy (non-hydrogen) atoms. The molecule has 0 saturated carbocycles. The number of fused-ring (bicyclic) bond motifs is 1. The van der Waals surface area contributed by atoms with Crippen LogP contribution in [0.2, 0.25) is 0 Å². The quantitative estimate of drug-likeness (QED) is 0.809. The third-order valence-electron chi connectivity index (χ3n) is 2.39. The second-order valence-corrected chi connectivity index (χ2v) is 3.98. The summed E-state index contributed by atoms with van der Waals surface area (Å²) in [7, 11) is 0. The van der Waals surface area contributed by atoms with Crippen molar-refractivity contribution in [3.05, 3.63) is 12.5 Å². The number of nitrogens with zero attached hydrogens (tertiary/aromatic N) is 5. The van der Waals surface area contributed by atoms with Crippen LogP contribution in [-0.2, 0) is 0 Å². The molecule has 0 unspecified atom stereocenters. The Hall–Kier alpha value is -2.16. The number of hydrogen-bond donors (Lipinski definition) is 1. The van der Waals surface area contributed by atoms with Crippen LogP contribution in [0.25, 0.3) is 11.2 Å². The van der Waals surface area contributed by atoms with Crippen LogP contribution in [-0.4, -0.2) is 26.1 Å². The van der Waals surface area contributed by atoms with Crippen molar-refractivity contribution in [2.24, 2.45) is 0 Å². The van der Waals surface area contributed by atoms with Gasteiger partial charge in [-0.15, -0.1) is 0 Å². The van der Waals surface area contributed by atoms with Gasteiger partial charge in [0.05, 0.1) is 25.0 Å². The fraction of sp³-hybridized carbons (Fsp3) is 0.455. The first-order valence-electron chi connectivity index (χ1n) is 5.52. The number of rotatable bonds is 4. The first-order chi connectivity index (χ1) is 8.22. The van der Waals surface area contributed by atoms with Gasteiger partial charge < -0.3 is 9.88 Å². The van der Waals surface area contributed by atoms with E-state index in [1.807, 2.05) is 4.57 Å². The molecular formula is C11H14N6. The second-order valence-electron chi connectivity index (χ2n) is 3.98. The molecule has 1 N–H and O–H groups in total. The van der Waals surface area contributed by atoms with Crippen molar-refractivity contribution >= 4 is 17.1 Å². The van der Waals surface area contributed by atoms with Gasteiger partial charge in [0.1, 0.15) is 5.52 Å². The van der Waals surface area contributed by atoms with Crippen molar-refractivity contribution in [3.63, 3.8) is 0 Å². The number of anilines is 1. The minimum atomic E-state index is 0.307. The minimum Gasteiger partial charge on any atom is -0.353 e. The molecule has 0 aromatic carbocycles. The molecule has 0 atom stereocenters. The lowest BCUT2D eigenvalue weighted by Crippen LogP contribution is -2.06. The van der Waals surface area contributed by atoms with Gasteiger partial charge in [0, 0.05) is 12.6 Å². The van der Waals surface area contributed by atoms with E-state index in [1.165, 1.54) is 0 Å². The Bertz CT molecular complexity index is 551. The normalized spacial score (nSPS) is 10.7. The maximum atomic E-state index is 8.45. The van der Waals surface area contributed by atoms with Gasteiger partial charge in [-0.25, -0.2) is 9.97 Å². The monoisotopic (exact) mass is 230 g/mol. The van der Waals surface area contributed by atoms with Gasteiger partial charge in [0.2, 0.25) is 5.95 Å². The summed E-state index contributed by atoms with van der Waals surface area (Å²) in [5, 5.41) is 11.5. The number of imidazole rings is 1. The Morgan fingerprint density at radius 2 is 2.29 bits per heavy atom. The zero-order valence-electron chi connectivity index (χ0n) is 9.88. The van der Waals surface area contributed by atoms with Gasteiger partial charge in [0.15, 0.2) is 5.65 Å². The van der Waals surface area contributed by atoms with Crippen molar-refractivity contribution in [2.45, 2.75) is 26.3 Å². The third kappa shape index (κ3) is 2.33. The Labute approximate surface area is 99.3 Å². The van der Waals surface area contributed by atoms with Crippen molar-refractivity contribution in [2.75, 3.05) is 11.9 Å². The fourth-order valence-corrected chi connectivity index (χ4v) is 1.52. The molecule has 2 rings (SSSR count). The molecule has 2 aromatic rings. The molecule has 88 valence electrons. The summed E-state index contributed by atoms with van der Waals surface area (Å²) in [6.45, 7) is 4.70. The average molecular weight is 230 g/mol. The van der Waals surface area contributed by atoms with Crippen LogP contribution in [0.4, 0.5) is 5.95 Å².